The van der Waals surface area contributed by atoms with E-state index in [0.29, 0.717) is 12.0 Å². The van der Waals surface area contributed by atoms with Gasteiger partial charge in [0.2, 0.25) is 5.28 Å². The van der Waals surface area contributed by atoms with Crippen LogP contribution in [0.3, 0.4) is 0 Å². The van der Waals surface area contributed by atoms with Crippen molar-refractivity contribution in [2.45, 2.75) is 33.2 Å². The molecule has 0 saturated carbocycles. The highest BCUT2D eigenvalue weighted by atomic mass is 35.5. The Kier molecular flexibility index (Phi) is 5.82. The topological polar surface area (TPSA) is 41.1 Å². The Hall–Kier alpha value is -0.870. The third-order valence-electron chi connectivity index (χ3n) is 2.62. The van der Waals surface area contributed by atoms with Crippen molar-refractivity contribution >= 4 is 17.4 Å². The minimum atomic E-state index is 0.288. The molecule has 18 heavy (non-hydrogen) atoms. The summed E-state index contributed by atoms with van der Waals surface area (Å²) in [7, 11) is 4.16. The molecule has 0 radical (unpaired) electrons. The van der Waals surface area contributed by atoms with Crippen LogP contribution in [0.5, 0.6) is 0 Å². The molecule has 0 bridgehead atoms. The second kappa shape index (κ2) is 6.90. The molecule has 0 spiro atoms. The molecule has 1 unspecified atom stereocenters. The standard InChI is InChI=1S/C13H23ClN4/c1-9(2)6-11(8-18(4)5)16-12-10(3)7-15-13(14)17-12/h7,9,11H,6,8H2,1-5H3,(H,15,16,17). The first-order chi connectivity index (χ1) is 8.38. The molecule has 1 rings (SSSR count). The van der Waals surface area contributed by atoms with E-state index in [2.05, 4.69) is 48.1 Å². The van der Waals surface area contributed by atoms with Gasteiger partial charge in [0, 0.05) is 24.3 Å². The van der Waals surface area contributed by atoms with Crippen LogP contribution in [-0.2, 0) is 0 Å². The molecular weight excluding hydrogens is 248 g/mol. The van der Waals surface area contributed by atoms with E-state index in [0.717, 1.165) is 24.3 Å². The molecule has 0 aromatic carbocycles. The molecule has 4 nitrogen and oxygen atoms in total. The fourth-order valence-corrected chi connectivity index (χ4v) is 2.08. The van der Waals surface area contributed by atoms with Crippen LogP contribution in [0, 0.1) is 12.8 Å². The third kappa shape index (κ3) is 5.19. The lowest BCUT2D eigenvalue weighted by Gasteiger charge is -2.25. The SMILES string of the molecule is Cc1cnc(Cl)nc1NC(CC(C)C)CN(C)C. The van der Waals surface area contributed by atoms with Crippen molar-refractivity contribution in [2.75, 3.05) is 26.0 Å². The normalized spacial score (nSPS) is 13.1. The van der Waals surface area contributed by atoms with Crippen LogP contribution < -0.4 is 5.32 Å². The van der Waals surface area contributed by atoms with Gasteiger partial charge in [-0.25, -0.2) is 9.97 Å². The first kappa shape index (κ1) is 15.2. The molecule has 0 aliphatic rings. The number of aromatic nitrogens is 2. The van der Waals surface area contributed by atoms with Gasteiger partial charge in [-0.05, 0) is 45.0 Å². The van der Waals surface area contributed by atoms with Gasteiger partial charge >= 0.3 is 0 Å². The number of halogens is 1. The number of hydrogen-bond acceptors (Lipinski definition) is 4. The second-order valence-corrected chi connectivity index (χ2v) is 5.74. The van der Waals surface area contributed by atoms with Crippen LogP contribution in [0.25, 0.3) is 0 Å². The zero-order chi connectivity index (χ0) is 13.7. The molecule has 5 heteroatoms. The molecule has 1 atom stereocenters. The Morgan fingerprint density at radius 2 is 2.06 bits per heavy atom. The molecule has 0 aliphatic heterocycles. The van der Waals surface area contributed by atoms with E-state index < -0.39 is 0 Å². The molecule has 102 valence electrons. The van der Waals surface area contributed by atoms with E-state index in [1.165, 1.54) is 0 Å². The molecule has 0 amide bonds. The van der Waals surface area contributed by atoms with Gasteiger partial charge in [-0.3, -0.25) is 0 Å². The fraction of sp³-hybridized carbons (Fsp3) is 0.692. The monoisotopic (exact) mass is 270 g/mol. The van der Waals surface area contributed by atoms with E-state index >= 15 is 0 Å². The number of rotatable bonds is 6. The highest BCUT2D eigenvalue weighted by molar-refractivity contribution is 6.28. The van der Waals surface area contributed by atoms with Crippen LogP contribution in [0.1, 0.15) is 25.8 Å². The van der Waals surface area contributed by atoms with E-state index in [-0.39, 0.29) is 5.28 Å². The summed E-state index contributed by atoms with van der Waals surface area (Å²) in [6.07, 6.45) is 2.85. The van der Waals surface area contributed by atoms with Crippen molar-refractivity contribution in [3.63, 3.8) is 0 Å². The van der Waals surface area contributed by atoms with Crippen molar-refractivity contribution in [1.82, 2.24) is 14.9 Å². The summed E-state index contributed by atoms with van der Waals surface area (Å²) in [6.45, 7) is 7.41. The molecule has 1 aromatic rings. The van der Waals surface area contributed by atoms with Crippen LogP contribution >= 0.6 is 11.6 Å². The highest BCUT2D eigenvalue weighted by Crippen LogP contribution is 2.16. The molecule has 1 heterocycles. The van der Waals surface area contributed by atoms with Crippen LogP contribution in [-0.4, -0.2) is 41.5 Å². The predicted octanol–water partition coefficient (Wildman–Crippen LogP) is 2.83. The van der Waals surface area contributed by atoms with Crippen molar-refractivity contribution in [3.8, 4) is 0 Å². The van der Waals surface area contributed by atoms with Gasteiger partial charge < -0.3 is 10.2 Å². The number of anilines is 1. The lowest BCUT2D eigenvalue weighted by atomic mass is 10.0. The molecule has 0 fully saturated rings. The van der Waals surface area contributed by atoms with Gasteiger partial charge in [-0.2, -0.15) is 0 Å². The number of nitrogens with one attached hydrogen (secondary N) is 1. The van der Waals surface area contributed by atoms with Crippen LogP contribution in [0.2, 0.25) is 5.28 Å². The molecule has 1 aromatic heterocycles. The lowest BCUT2D eigenvalue weighted by Crippen LogP contribution is -2.34. The first-order valence-corrected chi connectivity index (χ1v) is 6.66. The maximum atomic E-state index is 5.84. The zero-order valence-corrected chi connectivity index (χ0v) is 12.6. The third-order valence-corrected chi connectivity index (χ3v) is 2.81. The minimum absolute atomic E-state index is 0.288. The molecule has 1 N–H and O–H groups in total. The van der Waals surface area contributed by atoms with Gasteiger partial charge in [0.25, 0.3) is 0 Å². The number of hydrogen-bond donors (Lipinski definition) is 1. The lowest BCUT2D eigenvalue weighted by molar-refractivity contribution is 0.356. The largest absolute Gasteiger partial charge is 0.366 e. The average molecular weight is 271 g/mol. The highest BCUT2D eigenvalue weighted by Gasteiger charge is 2.14. The summed E-state index contributed by atoms with van der Waals surface area (Å²) in [5, 5.41) is 3.76. The van der Waals surface area contributed by atoms with Crippen molar-refractivity contribution in [2.24, 2.45) is 5.92 Å². The van der Waals surface area contributed by atoms with E-state index in [1.807, 2.05) is 6.92 Å². The summed E-state index contributed by atoms with van der Waals surface area (Å²) in [6, 6.07) is 0.365. The minimum Gasteiger partial charge on any atom is -0.366 e. The Morgan fingerprint density at radius 1 is 1.39 bits per heavy atom. The quantitative estimate of drug-likeness (QED) is 0.807. The van der Waals surface area contributed by atoms with Gasteiger partial charge in [0.05, 0.1) is 0 Å². The maximum absolute atomic E-state index is 5.84. The molecule has 0 saturated heterocycles. The fourth-order valence-electron chi connectivity index (χ4n) is 1.95. The van der Waals surface area contributed by atoms with E-state index in [1.54, 1.807) is 6.20 Å². The number of aryl methyl sites for hydroxylation is 1. The Morgan fingerprint density at radius 3 is 2.61 bits per heavy atom. The first-order valence-electron chi connectivity index (χ1n) is 6.29. The summed E-state index contributed by atoms with van der Waals surface area (Å²) >= 11 is 5.84. The summed E-state index contributed by atoms with van der Waals surface area (Å²) in [5.41, 5.74) is 1.02. The van der Waals surface area contributed by atoms with Gasteiger partial charge in [-0.15, -0.1) is 0 Å². The van der Waals surface area contributed by atoms with Crippen molar-refractivity contribution < 1.29 is 0 Å². The second-order valence-electron chi connectivity index (χ2n) is 5.40. The van der Waals surface area contributed by atoms with Crippen LogP contribution in [0.4, 0.5) is 5.82 Å². The zero-order valence-electron chi connectivity index (χ0n) is 11.9. The van der Waals surface area contributed by atoms with E-state index in [9.17, 15) is 0 Å². The Bertz CT molecular complexity index is 369. The average Bonchev–Trinajstić information content (AvgIpc) is 2.21. The maximum Gasteiger partial charge on any atom is 0.224 e. The summed E-state index contributed by atoms with van der Waals surface area (Å²) in [4.78, 5) is 10.4. The van der Waals surface area contributed by atoms with Crippen LogP contribution in [0.15, 0.2) is 6.20 Å². The predicted molar refractivity (Wildman–Crippen MR) is 77.2 cm³/mol. The smallest absolute Gasteiger partial charge is 0.224 e. The van der Waals surface area contributed by atoms with Crippen molar-refractivity contribution in [1.29, 1.82) is 0 Å². The van der Waals surface area contributed by atoms with Gasteiger partial charge in [-0.1, -0.05) is 13.8 Å². The Balaban J connectivity index is 2.77. The Labute approximate surface area is 115 Å². The number of likely N-dealkylation sites (N-methyl/N-ethyl adjacent to an activating group) is 1. The number of nitrogens with zero attached hydrogens (tertiary/aromatic N) is 3. The summed E-state index contributed by atoms with van der Waals surface area (Å²) < 4.78 is 0. The van der Waals surface area contributed by atoms with Gasteiger partial charge in [0.15, 0.2) is 0 Å². The van der Waals surface area contributed by atoms with E-state index in [4.69, 9.17) is 11.6 Å². The molecular formula is C13H23ClN4. The van der Waals surface area contributed by atoms with Gasteiger partial charge in [0.1, 0.15) is 5.82 Å². The summed E-state index contributed by atoms with van der Waals surface area (Å²) in [5.74, 6) is 1.47. The molecule has 0 aliphatic carbocycles. The van der Waals surface area contributed by atoms with Crippen molar-refractivity contribution in [3.05, 3.63) is 17.0 Å².